The summed E-state index contributed by atoms with van der Waals surface area (Å²) in [6, 6.07) is 5.75. The van der Waals surface area contributed by atoms with Crippen molar-refractivity contribution >= 4 is 43.4 Å². The van der Waals surface area contributed by atoms with Gasteiger partial charge in [-0.1, -0.05) is 33.3 Å². The molecule has 0 spiro atoms. The third-order valence-corrected chi connectivity index (χ3v) is 6.70. The zero-order valence-electron chi connectivity index (χ0n) is 15.7. The van der Waals surface area contributed by atoms with Gasteiger partial charge in [-0.05, 0) is 57.0 Å². The molecule has 5 nitrogen and oxygen atoms in total. The minimum Gasteiger partial charge on any atom is -0.341 e. The Morgan fingerprint density at radius 2 is 2.15 bits per heavy atom. The van der Waals surface area contributed by atoms with Crippen LogP contribution in [0, 0.1) is 5.92 Å². The maximum atomic E-state index is 12.7. The van der Waals surface area contributed by atoms with E-state index in [0.29, 0.717) is 5.92 Å². The fourth-order valence-corrected chi connectivity index (χ4v) is 4.83. The minimum atomic E-state index is -0.0726. The van der Waals surface area contributed by atoms with Crippen molar-refractivity contribution in [3.63, 3.8) is 0 Å². The average Bonchev–Trinajstić information content (AvgIpc) is 2.95. The standard InChI is InChI=1S/C20H26BrN3O2S/c1-3-9-22(2)10-6-15-7-11-23(12-8-15)19(25)14-24-17-13-16(21)4-5-18(17)27-20(24)26/h3-5,13,15H,1,6-12,14H2,2H3. The molecular formula is C20H26BrN3O2S. The molecule has 0 saturated carbocycles. The van der Waals surface area contributed by atoms with Gasteiger partial charge in [0.25, 0.3) is 0 Å². The molecule has 1 aliphatic heterocycles. The van der Waals surface area contributed by atoms with Crippen LogP contribution in [0.3, 0.4) is 0 Å². The Labute approximate surface area is 172 Å². The summed E-state index contributed by atoms with van der Waals surface area (Å²) in [6.45, 7) is 7.45. The summed E-state index contributed by atoms with van der Waals surface area (Å²) in [5, 5.41) is 0. The third kappa shape index (κ3) is 5.09. The van der Waals surface area contributed by atoms with Crippen molar-refractivity contribution < 1.29 is 4.79 Å². The Bertz CT molecular complexity index is 868. The lowest BCUT2D eigenvalue weighted by Crippen LogP contribution is -2.41. The molecule has 1 aliphatic rings. The molecule has 0 bridgehead atoms. The normalized spacial score (nSPS) is 15.6. The van der Waals surface area contributed by atoms with Crippen LogP contribution in [0.4, 0.5) is 0 Å². The lowest BCUT2D eigenvalue weighted by atomic mass is 9.93. The summed E-state index contributed by atoms with van der Waals surface area (Å²) >= 11 is 4.64. The number of fused-ring (bicyclic) bond motifs is 1. The van der Waals surface area contributed by atoms with Crippen molar-refractivity contribution in [3.8, 4) is 0 Å². The molecule has 2 heterocycles. The van der Waals surface area contributed by atoms with Gasteiger partial charge in [0, 0.05) is 24.1 Å². The number of hydrogen-bond donors (Lipinski definition) is 0. The topological polar surface area (TPSA) is 45.5 Å². The van der Waals surface area contributed by atoms with Gasteiger partial charge in [-0.25, -0.2) is 0 Å². The summed E-state index contributed by atoms with van der Waals surface area (Å²) in [6.07, 6.45) is 5.17. The molecular weight excluding hydrogens is 426 g/mol. The van der Waals surface area contributed by atoms with Crippen molar-refractivity contribution in [2.45, 2.75) is 25.8 Å². The quantitative estimate of drug-likeness (QED) is 0.604. The van der Waals surface area contributed by atoms with Crippen LogP contribution in [0.1, 0.15) is 19.3 Å². The molecule has 27 heavy (non-hydrogen) atoms. The Balaban J connectivity index is 1.56. The highest BCUT2D eigenvalue weighted by molar-refractivity contribution is 9.10. The van der Waals surface area contributed by atoms with Crippen molar-refractivity contribution in [2.24, 2.45) is 5.92 Å². The van der Waals surface area contributed by atoms with E-state index in [2.05, 4.69) is 34.5 Å². The number of carbonyl (C=O) groups excluding carboxylic acids is 1. The van der Waals surface area contributed by atoms with E-state index in [1.165, 1.54) is 11.3 Å². The number of amides is 1. The first-order valence-corrected chi connectivity index (χ1v) is 10.9. The molecule has 146 valence electrons. The van der Waals surface area contributed by atoms with Crippen LogP contribution in [0.15, 0.2) is 40.1 Å². The molecule has 0 aliphatic carbocycles. The number of piperidine rings is 1. The summed E-state index contributed by atoms with van der Waals surface area (Å²) in [5.41, 5.74) is 0.827. The molecule has 1 fully saturated rings. The van der Waals surface area contributed by atoms with Gasteiger partial charge in [0.05, 0.1) is 10.2 Å². The Morgan fingerprint density at radius 1 is 1.41 bits per heavy atom. The van der Waals surface area contributed by atoms with Crippen LogP contribution in [0.2, 0.25) is 0 Å². The van der Waals surface area contributed by atoms with Crippen molar-refractivity contribution in [3.05, 3.63) is 45.0 Å². The first kappa shape index (κ1) is 20.3. The zero-order chi connectivity index (χ0) is 19.4. The lowest BCUT2D eigenvalue weighted by Gasteiger charge is -2.32. The molecule has 1 aromatic carbocycles. The van der Waals surface area contributed by atoms with E-state index in [1.54, 1.807) is 4.57 Å². The Hall–Kier alpha value is -1.44. The van der Waals surface area contributed by atoms with E-state index in [4.69, 9.17) is 0 Å². The molecule has 0 N–H and O–H groups in total. The van der Waals surface area contributed by atoms with Gasteiger partial charge in [0.15, 0.2) is 0 Å². The van der Waals surface area contributed by atoms with Crippen LogP contribution in [-0.2, 0) is 11.3 Å². The van der Waals surface area contributed by atoms with Gasteiger partial charge in [-0.2, -0.15) is 0 Å². The van der Waals surface area contributed by atoms with Crippen molar-refractivity contribution in [1.82, 2.24) is 14.4 Å². The molecule has 0 radical (unpaired) electrons. The van der Waals surface area contributed by atoms with Gasteiger partial charge in [0.1, 0.15) is 6.54 Å². The second-order valence-corrected chi connectivity index (χ2v) is 9.14. The molecule has 0 atom stereocenters. The number of carbonyl (C=O) groups is 1. The predicted octanol–water partition coefficient (Wildman–Crippen LogP) is 3.57. The zero-order valence-corrected chi connectivity index (χ0v) is 18.1. The molecule has 1 saturated heterocycles. The number of hydrogen-bond acceptors (Lipinski definition) is 4. The smallest absolute Gasteiger partial charge is 0.308 e. The predicted molar refractivity (Wildman–Crippen MR) is 115 cm³/mol. The van der Waals surface area contributed by atoms with Crippen molar-refractivity contribution in [1.29, 1.82) is 0 Å². The van der Waals surface area contributed by atoms with Crippen molar-refractivity contribution in [2.75, 3.05) is 33.2 Å². The second kappa shape index (κ2) is 9.17. The number of benzene rings is 1. The highest BCUT2D eigenvalue weighted by atomic mass is 79.9. The first-order chi connectivity index (χ1) is 13.0. The number of likely N-dealkylation sites (tertiary alicyclic amines) is 1. The average molecular weight is 452 g/mol. The highest BCUT2D eigenvalue weighted by Crippen LogP contribution is 2.23. The van der Waals surface area contributed by atoms with E-state index in [-0.39, 0.29) is 17.3 Å². The maximum absolute atomic E-state index is 12.7. The summed E-state index contributed by atoms with van der Waals surface area (Å²) in [4.78, 5) is 29.2. The van der Waals surface area contributed by atoms with Crippen LogP contribution in [0.25, 0.3) is 10.2 Å². The molecule has 3 rings (SSSR count). The summed E-state index contributed by atoms with van der Waals surface area (Å²) in [5.74, 6) is 0.709. The van der Waals surface area contributed by atoms with Gasteiger partial charge in [-0.3, -0.25) is 14.2 Å². The largest absolute Gasteiger partial charge is 0.341 e. The number of rotatable bonds is 7. The number of aromatic nitrogens is 1. The van der Waals surface area contributed by atoms with Crippen LogP contribution in [-0.4, -0.2) is 53.5 Å². The minimum absolute atomic E-state index is 0.0407. The fraction of sp³-hybridized carbons (Fsp3) is 0.500. The maximum Gasteiger partial charge on any atom is 0.308 e. The molecule has 0 unspecified atom stereocenters. The number of halogens is 1. The monoisotopic (exact) mass is 451 g/mol. The van der Waals surface area contributed by atoms with Crippen LogP contribution < -0.4 is 4.87 Å². The summed E-state index contributed by atoms with van der Waals surface area (Å²) in [7, 11) is 2.11. The fourth-order valence-electron chi connectivity index (χ4n) is 3.61. The number of thiazole rings is 1. The third-order valence-electron chi connectivity index (χ3n) is 5.25. The molecule has 7 heteroatoms. The summed E-state index contributed by atoms with van der Waals surface area (Å²) < 4.78 is 3.43. The SMILES string of the molecule is C=CCN(C)CCC1CCN(C(=O)Cn2c(=O)sc3ccc(Br)cc32)CC1. The molecule has 1 amide bonds. The number of likely N-dealkylation sites (N-methyl/N-ethyl adjacent to an activating group) is 1. The van der Waals surface area contributed by atoms with E-state index in [0.717, 1.165) is 60.1 Å². The van der Waals surface area contributed by atoms with E-state index >= 15 is 0 Å². The lowest BCUT2D eigenvalue weighted by molar-refractivity contribution is -0.133. The molecule has 1 aromatic heterocycles. The van der Waals surface area contributed by atoms with E-state index in [9.17, 15) is 9.59 Å². The highest BCUT2D eigenvalue weighted by Gasteiger charge is 2.24. The first-order valence-electron chi connectivity index (χ1n) is 9.34. The van der Waals surface area contributed by atoms with Crippen LogP contribution in [0.5, 0.6) is 0 Å². The Kier molecular flexibility index (Phi) is 6.89. The molecule has 2 aromatic rings. The van der Waals surface area contributed by atoms with E-state index in [1.807, 2.05) is 29.2 Å². The van der Waals surface area contributed by atoms with E-state index < -0.39 is 0 Å². The van der Waals surface area contributed by atoms with Crippen LogP contribution >= 0.6 is 27.3 Å². The second-order valence-electron chi connectivity index (χ2n) is 7.23. The van der Waals surface area contributed by atoms with Gasteiger partial charge < -0.3 is 9.80 Å². The Morgan fingerprint density at radius 3 is 2.85 bits per heavy atom. The van der Waals surface area contributed by atoms with Gasteiger partial charge >= 0.3 is 4.87 Å². The number of nitrogens with zero attached hydrogens (tertiary/aromatic N) is 3. The van der Waals surface area contributed by atoms with Gasteiger partial charge in [-0.15, -0.1) is 6.58 Å². The van der Waals surface area contributed by atoms with Gasteiger partial charge in [0.2, 0.25) is 5.91 Å².